The van der Waals surface area contributed by atoms with E-state index in [0.717, 1.165) is 19.3 Å². The van der Waals surface area contributed by atoms with Crippen molar-refractivity contribution in [1.29, 1.82) is 0 Å². The van der Waals surface area contributed by atoms with Gasteiger partial charge in [-0.2, -0.15) is 4.98 Å². The predicted molar refractivity (Wildman–Crippen MR) is 72.1 cm³/mol. The molecule has 108 valence electrons. The molecule has 2 aliphatic heterocycles. The molecule has 2 aliphatic rings. The lowest BCUT2D eigenvalue weighted by molar-refractivity contribution is 0.0596. The zero-order valence-electron chi connectivity index (χ0n) is 11.6. The second-order valence-corrected chi connectivity index (χ2v) is 5.11. The number of ether oxygens (including phenoxy) is 3. The maximum Gasteiger partial charge on any atom is 0.343 e. The molecule has 2 bridgehead atoms. The Bertz CT molecular complexity index is 520. The van der Waals surface area contributed by atoms with Crippen LogP contribution in [0.25, 0.3) is 0 Å². The highest BCUT2D eigenvalue weighted by Crippen LogP contribution is 2.36. The Labute approximate surface area is 117 Å². The number of pyridine rings is 1. The SMILES string of the molecule is COC(=O)c1ccc(N[C@H]2CC3CCC2O3)nc1OC. The highest BCUT2D eigenvalue weighted by Gasteiger charge is 2.40. The van der Waals surface area contributed by atoms with Gasteiger partial charge in [0, 0.05) is 0 Å². The summed E-state index contributed by atoms with van der Waals surface area (Å²) in [6.45, 7) is 0. The lowest BCUT2D eigenvalue weighted by Gasteiger charge is -2.21. The number of hydrogen-bond acceptors (Lipinski definition) is 6. The van der Waals surface area contributed by atoms with E-state index < -0.39 is 5.97 Å². The maximum atomic E-state index is 11.6. The molecule has 20 heavy (non-hydrogen) atoms. The number of carbonyl (C=O) groups excluding carboxylic acids is 1. The van der Waals surface area contributed by atoms with Crippen molar-refractivity contribution >= 4 is 11.8 Å². The average Bonchev–Trinajstić information content (AvgIpc) is 3.09. The maximum absolute atomic E-state index is 11.6. The van der Waals surface area contributed by atoms with Crippen LogP contribution in [-0.2, 0) is 9.47 Å². The zero-order chi connectivity index (χ0) is 14.1. The minimum Gasteiger partial charge on any atom is -0.480 e. The summed E-state index contributed by atoms with van der Waals surface area (Å²) in [7, 11) is 2.82. The molecule has 0 spiro atoms. The standard InChI is InChI=1S/C14H18N2O4/c1-18-13-9(14(17)19-2)4-6-12(16-13)15-10-7-8-3-5-11(10)20-8/h4,6,8,10-11H,3,5,7H2,1-2H3,(H,15,16)/t8?,10-,11?/m0/s1. The van der Waals surface area contributed by atoms with E-state index in [9.17, 15) is 4.79 Å². The van der Waals surface area contributed by atoms with E-state index in [4.69, 9.17) is 14.2 Å². The van der Waals surface area contributed by atoms with Gasteiger partial charge in [0.05, 0.1) is 32.5 Å². The van der Waals surface area contributed by atoms with Crippen LogP contribution in [0.4, 0.5) is 5.82 Å². The Kier molecular flexibility index (Phi) is 3.48. The predicted octanol–water partition coefficient (Wildman–Crippen LogP) is 1.61. The number of fused-ring (bicyclic) bond motifs is 2. The van der Waals surface area contributed by atoms with Crippen LogP contribution in [0.1, 0.15) is 29.6 Å². The molecule has 2 saturated heterocycles. The van der Waals surface area contributed by atoms with Gasteiger partial charge in [-0.25, -0.2) is 4.79 Å². The van der Waals surface area contributed by atoms with Gasteiger partial charge in [0.15, 0.2) is 0 Å². The lowest BCUT2D eigenvalue weighted by Crippen LogP contribution is -2.30. The third-order valence-corrected chi connectivity index (χ3v) is 3.90. The summed E-state index contributed by atoms with van der Waals surface area (Å²) in [5, 5.41) is 3.36. The smallest absolute Gasteiger partial charge is 0.343 e. The normalized spacial score (nSPS) is 27.4. The van der Waals surface area contributed by atoms with Crippen molar-refractivity contribution in [3.63, 3.8) is 0 Å². The van der Waals surface area contributed by atoms with Crippen LogP contribution in [0.2, 0.25) is 0 Å². The van der Waals surface area contributed by atoms with Gasteiger partial charge in [0.2, 0.25) is 5.88 Å². The Morgan fingerprint density at radius 2 is 2.25 bits per heavy atom. The summed E-state index contributed by atoms with van der Waals surface area (Å²) in [4.78, 5) is 15.9. The summed E-state index contributed by atoms with van der Waals surface area (Å²) >= 11 is 0. The Balaban J connectivity index is 1.76. The van der Waals surface area contributed by atoms with Crippen LogP contribution in [0, 0.1) is 0 Å². The quantitative estimate of drug-likeness (QED) is 0.844. The molecule has 1 aromatic heterocycles. The van der Waals surface area contributed by atoms with Crippen LogP contribution in [0.15, 0.2) is 12.1 Å². The monoisotopic (exact) mass is 278 g/mol. The van der Waals surface area contributed by atoms with E-state index >= 15 is 0 Å². The van der Waals surface area contributed by atoms with Crippen molar-refractivity contribution in [2.24, 2.45) is 0 Å². The number of aromatic nitrogens is 1. The summed E-state index contributed by atoms with van der Waals surface area (Å²) in [6, 6.07) is 3.71. The van der Waals surface area contributed by atoms with Crippen molar-refractivity contribution in [2.45, 2.75) is 37.5 Å². The first-order valence-electron chi connectivity index (χ1n) is 6.76. The summed E-state index contributed by atoms with van der Waals surface area (Å²) in [5.74, 6) is 0.505. The van der Waals surface area contributed by atoms with Crippen molar-refractivity contribution in [3.05, 3.63) is 17.7 Å². The topological polar surface area (TPSA) is 69.7 Å². The van der Waals surface area contributed by atoms with Gasteiger partial charge in [-0.05, 0) is 31.4 Å². The van der Waals surface area contributed by atoms with Crippen LogP contribution < -0.4 is 10.1 Å². The fraction of sp³-hybridized carbons (Fsp3) is 0.571. The van der Waals surface area contributed by atoms with E-state index in [1.54, 1.807) is 12.1 Å². The largest absolute Gasteiger partial charge is 0.480 e. The Morgan fingerprint density at radius 3 is 2.85 bits per heavy atom. The van der Waals surface area contributed by atoms with E-state index in [-0.39, 0.29) is 18.0 Å². The molecule has 2 unspecified atom stereocenters. The van der Waals surface area contributed by atoms with Gasteiger partial charge < -0.3 is 19.5 Å². The molecule has 6 heteroatoms. The van der Waals surface area contributed by atoms with Gasteiger partial charge in [-0.3, -0.25) is 0 Å². The number of hydrogen-bond donors (Lipinski definition) is 1. The minimum absolute atomic E-state index is 0.269. The second-order valence-electron chi connectivity index (χ2n) is 5.11. The van der Waals surface area contributed by atoms with Gasteiger partial charge in [0.25, 0.3) is 0 Å². The van der Waals surface area contributed by atoms with Gasteiger partial charge in [-0.1, -0.05) is 0 Å². The van der Waals surface area contributed by atoms with E-state index in [0.29, 0.717) is 17.5 Å². The van der Waals surface area contributed by atoms with Crippen molar-refractivity contribution < 1.29 is 19.0 Å². The second kappa shape index (κ2) is 5.28. The molecule has 3 rings (SSSR count). The first-order valence-corrected chi connectivity index (χ1v) is 6.76. The number of methoxy groups -OCH3 is 2. The van der Waals surface area contributed by atoms with E-state index in [1.165, 1.54) is 14.2 Å². The molecule has 0 radical (unpaired) electrons. The molecular formula is C14H18N2O4. The van der Waals surface area contributed by atoms with Crippen molar-refractivity contribution in [1.82, 2.24) is 4.98 Å². The number of rotatable bonds is 4. The summed E-state index contributed by atoms with van der Waals surface area (Å²) < 4.78 is 15.6. The van der Waals surface area contributed by atoms with Crippen molar-refractivity contribution in [2.75, 3.05) is 19.5 Å². The molecule has 0 saturated carbocycles. The molecule has 0 aliphatic carbocycles. The molecule has 3 heterocycles. The third kappa shape index (κ3) is 2.31. The number of anilines is 1. The lowest BCUT2D eigenvalue weighted by atomic mass is 9.95. The minimum atomic E-state index is -0.454. The van der Waals surface area contributed by atoms with E-state index in [1.807, 2.05) is 0 Å². The summed E-state index contributed by atoms with van der Waals surface area (Å²) in [6.07, 6.45) is 3.91. The van der Waals surface area contributed by atoms with Crippen LogP contribution in [0.3, 0.4) is 0 Å². The van der Waals surface area contributed by atoms with Gasteiger partial charge in [-0.15, -0.1) is 0 Å². The fourth-order valence-electron chi connectivity index (χ4n) is 2.92. The molecule has 3 atom stereocenters. The fourth-order valence-corrected chi connectivity index (χ4v) is 2.92. The van der Waals surface area contributed by atoms with Crippen molar-refractivity contribution in [3.8, 4) is 5.88 Å². The Hall–Kier alpha value is -1.82. The first kappa shape index (κ1) is 13.2. The van der Waals surface area contributed by atoms with Crippen LogP contribution in [0.5, 0.6) is 5.88 Å². The average molecular weight is 278 g/mol. The molecule has 2 fully saturated rings. The number of carbonyl (C=O) groups is 1. The molecule has 1 N–H and O–H groups in total. The number of esters is 1. The zero-order valence-corrected chi connectivity index (χ0v) is 11.6. The molecule has 0 aromatic carbocycles. The highest BCUT2D eigenvalue weighted by molar-refractivity contribution is 5.92. The highest BCUT2D eigenvalue weighted by atomic mass is 16.5. The van der Waals surface area contributed by atoms with Gasteiger partial charge >= 0.3 is 5.97 Å². The first-order chi connectivity index (χ1) is 9.71. The number of nitrogens with zero attached hydrogens (tertiary/aromatic N) is 1. The molecule has 0 amide bonds. The van der Waals surface area contributed by atoms with Crippen LogP contribution in [-0.4, -0.2) is 43.4 Å². The van der Waals surface area contributed by atoms with Crippen LogP contribution >= 0.6 is 0 Å². The molecule has 1 aromatic rings. The number of nitrogens with one attached hydrogen (secondary N) is 1. The van der Waals surface area contributed by atoms with E-state index in [2.05, 4.69) is 10.3 Å². The third-order valence-electron chi connectivity index (χ3n) is 3.90. The molecular weight excluding hydrogens is 260 g/mol. The van der Waals surface area contributed by atoms with Gasteiger partial charge in [0.1, 0.15) is 11.4 Å². The summed E-state index contributed by atoms with van der Waals surface area (Å²) in [5.41, 5.74) is 0.324. The Morgan fingerprint density at radius 1 is 1.40 bits per heavy atom. The molecule has 6 nitrogen and oxygen atoms in total.